The van der Waals surface area contributed by atoms with Crippen LogP contribution in [0.2, 0.25) is 0 Å². The SMILES string of the molecule is CC(C)(CNC(=O)CC(O)(c1nc2ccccc2s1)C(F)(F)F)N1CCOCC1. The van der Waals surface area contributed by atoms with Crippen molar-refractivity contribution < 1.29 is 27.8 Å². The highest BCUT2D eigenvalue weighted by Gasteiger charge is 2.58. The highest BCUT2D eigenvalue weighted by Crippen LogP contribution is 2.44. The Morgan fingerprint density at radius 3 is 2.55 bits per heavy atom. The molecule has 1 aromatic heterocycles. The standard InChI is InChI=1S/C19H24F3N3O3S/c1-17(2,25-7-9-28-10-8-25)12-23-15(26)11-18(27,19(20,21)22)16-24-13-5-3-4-6-14(13)29-16/h3-6,27H,7-12H2,1-2H3,(H,23,26). The number of hydrogen-bond donors (Lipinski definition) is 2. The fourth-order valence-corrected chi connectivity index (χ4v) is 4.31. The first kappa shape index (κ1) is 21.9. The Morgan fingerprint density at radius 1 is 1.28 bits per heavy atom. The number of carbonyl (C=O) groups is 1. The Morgan fingerprint density at radius 2 is 1.93 bits per heavy atom. The van der Waals surface area contributed by atoms with Gasteiger partial charge in [-0.1, -0.05) is 12.1 Å². The van der Waals surface area contributed by atoms with Gasteiger partial charge in [0.2, 0.25) is 11.5 Å². The number of benzene rings is 1. The van der Waals surface area contributed by atoms with E-state index in [4.69, 9.17) is 4.74 Å². The number of thiazole rings is 1. The number of nitrogens with zero attached hydrogens (tertiary/aromatic N) is 2. The summed E-state index contributed by atoms with van der Waals surface area (Å²) in [5, 5.41) is 12.5. The third-order valence-corrected chi connectivity index (χ3v) is 6.31. The van der Waals surface area contributed by atoms with E-state index in [1.165, 1.54) is 0 Å². The molecule has 0 saturated carbocycles. The molecule has 0 radical (unpaired) electrons. The Hall–Kier alpha value is -1.75. The van der Waals surface area contributed by atoms with Crippen molar-refractivity contribution >= 4 is 27.5 Å². The van der Waals surface area contributed by atoms with Gasteiger partial charge in [0, 0.05) is 25.2 Å². The number of hydrogen-bond acceptors (Lipinski definition) is 6. The summed E-state index contributed by atoms with van der Waals surface area (Å²) in [5.41, 5.74) is -3.45. The molecule has 1 aromatic carbocycles. The van der Waals surface area contributed by atoms with Crippen molar-refractivity contribution in [2.45, 2.75) is 37.6 Å². The van der Waals surface area contributed by atoms with Crippen LogP contribution in [0.4, 0.5) is 13.2 Å². The van der Waals surface area contributed by atoms with E-state index in [9.17, 15) is 23.1 Å². The lowest BCUT2D eigenvalue weighted by Crippen LogP contribution is -2.56. The van der Waals surface area contributed by atoms with Crippen molar-refractivity contribution in [3.63, 3.8) is 0 Å². The molecule has 0 aliphatic carbocycles. The zero-order valence-electron chi connectivity index (χ0n) is 16.3. The second-order valence-electron chi connectivity index (χ2n) is 7.71. The van der Waals surface area contributed by atoms with Gasteiger partial charge in [-0.2, -0.15) is 13.2 Å². The Bertz CT molecular complexity index is 832. The second-order valence-corrected chi connectivity index (χ2v) is 8.74. The maximum absolute atomic E-state index is 13.8. The van der Waals surface area contributed by atoms with Gasteiger partial charge >= 0.3 is 6.18 Å². The molecule has 2 N–H and O–H groups in total. The van der Waals surface area contributed by atoms with E-state index in [1.807, 2.05) is 13.8 Å². The number of aromatic nitrogens is 1. The zero-order valence-corrected chi connectivity index (χ0v) is 17.1. The van der Waals surface area contributed by atoms with E-state index in [1.54, 1.807) is 24.3 Å². The molecule has 160 valence electrons. The van der Waals surface area contributed by atoms with Crippen LogP contribution in [0.1, 0.15) is 25.3 Å². The van der Waals surface area contributed by atoms with E-state index in [0.29, 0.717) is 36.5 Å². The van der Waals surface area contributed by atoms with Crippen molar-refractivity contribution in [2.24, 2.45) is 0 Å². The number of amides is 1. The molecule has 10 heteroatoms. The molecule has 0 bridgehead atoms. The summed E-state index contributed by atoms with van der Waals surface area (Å²) < 4.78 is 47.1. The number of para-hydroxylation sites is 1. The van der Waals surface area contributed by atoms with Crippen molar-refractivity contribution in [3.8, 4) is 0 Å². The lowest BCUT2D eigenvalue weighted by atomic mass is 9.98. The summed E-state index contributed by atoms with van der Waals surface area (Å²) in [6.45, 7) is 6.47. The molecule has 2 aromatic rings. The predicted molar refractivity (Wildman–Crippen MR) is 104 cm³/mol. The number of morpholine rings is 1. The second kappa shape index (κ2) is 8.17. The Kier molecular flexibility index (Phi) is 6.19. The minimum absolute atomic E-state index is 0.152. The van der Waals surface area contributed by atoms with E-state index in [0.717, 1.165) is 11.3 Å². The summed E-state index contributed by atoms with van der Waals surface area (Å²) >= 11 is 0.736. The van der Waals surface area contributed by atoms with E-state index in [-0.39, 0.29) is 6.54 Å². The minimum atomic E-state index is -5.04. The molecule has 0 spiro atoms. The molecule has 29 heavy (non-hydrogen) atoms. The molecule has 1 unspecified atom stereocenters. The molecule has 1 fully saturated rings. The third kappa shape index (κ3) is 4.71. The summed E-state index contributed by atoms with van der Waals surface area (Å²) in [6, 6.07) is 6.52. The number of fused-ring (bicyclic) bond motifs is 1. The fraction of sp³-hybridized carbons (Fsp3) is 0.579. The Balaban J connectivity index is 1.73. The molecule has 1 aliphatic rings. The van der Waals surface area contributed by atoms with Crippen LogP contribution in [0.25, 0.3) is 10.2 Å². The normalized spacial score (nSPS) is 18.6. The van der Waals surface area contributed by atoms with Crippen molar-refractivity contribution in [3.05, 3.63) is 29.3 Å². The smallest absolute Gasteiger partial charge is 0.379 e. The van der Waals surface area contributed by atoms with Crippen molar-refractivity contribution in [2.75, 3.05) is 32.8 Å². The van der Waals surface area contributed by atoms with Gasteiger partial charge in [-0.15, -0.1) is 11.3 Å². The van der Waals surface area contributed by atoms with Gasteiger partial charge in [-0.3, -0.25) is 9.69 Å². The number of alkyl halides is 3. The van der Waals surface area contributed by atoms with Gasteiger partial charge in [0.15, 0.2) is 0 Å². The first-order valence-corrected chi connectivity index (χ1v) is 10.1. The quantitative estimate of drug-likeness (QED) is 0.736. The Labute approximate surface area is 170 Å². The maximum atomic E-state index is 13.8. The first-order valence-electron chi connectivity index (χ1n) is 9.28. The van der Waals surface area contributed by atoms with Crippen molar-refractivity contribution in [1.29, 1.82) is 0 Å². The number of halogens is 3. The van der Waals surface area contributed by atoms with Crippen LogP contribution in [0.3, 0.4) is 0 Å². The molecule has 6 nitrogen and oxygen atoms in total. The fourth-order valence-electron chi connectivity index (χ4n) is 3.24. The number of rotatable bonds is 6. The van der Waals surface area contributed by atoms with E-state index in [2.05, 4.69) is 15.2 Å². The van der Waals surface area contributed by atoms with Gasteiger partial charge in [0.05, 0.1) is 29.9 Å². The summed E-state index contributed by atoms with van der Waals surface area (Å²) in [6.07, 6.45) is -6.19. The number of ether oxygens (including phenoxy) is 1. The highest BCUT2D eigenvalue weighted by atomic mass is 32.1. The average molecular weight is 431 g/mol. The van der Waals surface area contributed by atoms with Crippen LogP contribution in [-0.2, 0) is 15.1 Å². The molecule has 2 heterocycles. The molecule has 1 amide bonds. The van der Waals surface area contributed by atoms with Crippen LogP contribution in [0.5, 0.6) is 0 Å². The van der Waals surface area contributed by atoms with Crippen LogP contribution < -0.4 is 5.32 Å². The van der Waals surface area contributed by atoms with Gasteiger partial charge in [-0.25, -0.2) is 4.98 Å². The summed E-state index contributed by atoms with van der Waals surface area (Å²) in [4.78, 5) is 18.4. The van der Waals surface area contributed by atoms with Crippen molar-refractivity contribution in [1.82, 2.24) is 15.2 Å². The molecule has 3 rings (SSSR count). The minimum Gasteiger partial charge on any atom is -0.379 e. The average Bonchev–Trinajstić information content (AvgIpc) is 3.11. The van der Waals surface area contributed by atoms with Gasteiger partial charge < -0.3 is 15.2 Å². The number of nitrogens with one attached hydrogen (secondary N) is 1. The topological polar surface area (TPSA) is 74.7 Å². The third-order valence-electron chi connectivity index (χ3n) is 5.12. The molecule has 1 saturated heterocycles. The molecule has 1 aliphatic heterocycles. The lowest BCUT2D eigenvalue weighted by molar-refractivity contribution is -0.267. The monoisotopic (exact) mass is 431 g/mol. The van der Waals surface area contributed by atoms with Crippen LogP contribution >= 0.6 is 11.3 Å². The maximum Gasteiger partial charge on any atom is 0.424 e. The number of aliphatic hydroxyl groups is 1. The first-order chi connectivity index (χ1) is 13.5. The predicted octanol–water partition coefficient (Wildman–Crippen LogP) is 2.66. The zero-order chi connectivity index (χ0) is 21.3. The van der Waals surface area contributed by atoms with Crippen LogP contribution in [0, 0.1) is 0 Å². The summed E-state index contributed by atoms with van der Waals surface area (Å²) in [5.74, 6) is -0.884. The number of carbonyl (C=O) groups excluding carboxylic acids is 1. The van der Waals surface area contributed by atoms with E-state index < -0.39 is 34.7 Å². The molecule has 1 atom stereocenters. The lowest BCUT2D eigenvalue weighted by Gasteiger charge is -2.41. The highest BCUT2D eigenvalue weighted by molar-refractivity contribution is 7.18. The van der Waals surface area contributed by atoms with Gasteiger partial charge in [0.1, 0.15) is 5.01 Å². The van der Waals surface area contributed by atoms with Crippen LogP contribution in [0.15, 0.2) is 24.3 Å². The van der Waals surface area contributed by atoms with Crippen LogP contribution in [-0.4, -0.2) is 65.5 Å². The van der Waals surface area contributed by atoms with Gasteiger partial charge in [-0.05, 0) is 26.0 Å². The molecular formula is C19H24F3N3O3S. The van der Waals surface area contributed by atoms with E-state index >= 15 is 0 Å². The largest absolute Gasteiger partial charge is 0.424 e. The summed E-state index contributed by atoms with van der Waals surface area (Å²) in [7, 11) is 0. The van der Waals surface area contributed by atoms with Gasteiger partial charge in [0.25, 0.3) is 0 Å². The molecular weight excluding hydrogens is 407 g/mol.